The largest absolute Gasteiger partial charge is 0.481 e. The average molecular weight is 169 g/mol. The molecule has 0 bridgehead atoms. The highest BCUT2D eigenvalue weighted by Gasteiger charge is 2.64. The zero-order valence-corrected chi connectivity index (χ0v) is 6.28. The lowest BCUT2D eigenvalue weighted by molar-refractivity contribution is -0.138. The van der Waals surface area contributed by atoms with Gasteiger partial charge in [-0.05, 0) is 0 Å². The van der Waals surface area contributed by atoms with E-state index in [4.69, 9.17) is 28.3 Å². The lowest BCUT2D eigenvalue weighted by atomic mass is 10.3. The van der Waals surface area contributed by atoms with E-state index in [0.717, 1.165) is 0 Å². The predicted molar refractivity (Wildman–Crippen MR) is 34.7 cm³/mol. The van der Waals surface area contributed by atoms with Crippen molar-refractivity contribution in [3.05, 3.63) is 0 Å². The third-order valence-corrected chi connectivity index (χ3v) is 2.84. The molecule has 52 valence electrons. The van der Waals surface area contributed by atoms with Crippen LogP contribution in [-0.4, -0.2) is 15.4 Å². The summed E-state index contributed by atoms with van der Waals surface area (Å²) in [5.74, 6) is -1.59. The van der Waals surface area contributed by atoms with E-state index in [2.05, 4.69) is 0 Å². The Hall–Kier alpha value is 0.0500. The van der Waals surface area contributed by atoms with Gasteiger partial charge in [-0.2, -0.15) is 0 Å². The Labute approximate surface area is 62.8 Å². The SMILES string of the molecule is CC1C(C(=O)O)C1(Cl)Cl. The van der Waals surface area contributed by atoms with Crippen molar-refractivity contribution in [1.29, 1.82) is 0 Å². The lowest BCUT2D eigenvalue weighted by Crippen LogP contribution is -2.03. The van der Waals surface area contributed by atoms with Crippen LogP contribution in [0, 0.1) is 11.8 Å². The highest BCUT2D eigenvalue weighted by Crippen LogP contribution is 2.58. The molecule has 0 radical (unpaired) electrons. The summed E-state index contributed by atoms with van der Waals surface area (Å²) in [5.41, 5.74) is 0. The third-order valence-electron chi connectivity index (χ3n) is 1.68. The highest BCUT2D eigenvalue weighted by atomic mass is 35.5. The lowest BCUT2D eigenvalue weighted by Gasteiger charge is -1.89. The van der Waals surface area contributed by atoms with E-state index in [9.17, 15) is 4.79 Å². The zero-order chi connectivity index (χ0) is 7.23. The van der Waals surface area contributed by atoms with E-state index in [1.807, 2.05) is 0 Å². The van der Waals surface area contributed by atoms with Gasteiger partial charge in [0.1, 0.15) is 4.33 Å². The summed E-state index contributed by atoms with van der Waals surface area (Å²) in [6.45, 7) is 1.72. The second-order valence-corrected chi connectivity index (χ2v) is 3.72. The molecule has 0 aliphatic heterocycles. The summed E-state index contributed by atoms with van der Waals surface area (Å²) < 4.78 is -1.01. The van der Waals surface area contributed by atoms with Crippen molar-refractivity contribution in [2.24, 2.45) is 11.8 Å². The molecule has 0 aromatic heterocycles. The number of halogens is 2. The smallest absolute Gasteiger partial charge is 0.309 e. The van der Waals surface area contributed by atoms with Gasteiger partial charge in [0.2, 0.25) is 0 Å². The van der Waals surface area contributed by atoms with Crippen molar-refractivity contribution in [3.63, 3.8) is 0 Å². The fraction of sp³-hybridized carbons (Fsp3) is 0.800. The molecule has 1 aliphatic carbocycles. The second-order valence-electron chi connectivity index (χ2n) is 2.28. The van der Waals surface area contributed by atoms with E-state index in [0.29, 0.717) is 0 Å². The fourth-order valence-corrected chi connectivity index (χ4v) is 1.55. The number of carboxylic acid groups (broad SMARTS) is 1. The van der Waals surface area contributed by atoms with Crippen LogP contribution in [0.15, 0.2) is 0 Å². The first-order valence-corrected chi connectivity index (χ1v) is 3.34. The zero-order valence-electron chi connectivity index (χ0n) is 4.77. The molecule has 4 heteroatoms. The van der Waals surface area contributed by atoms with Crippen molar-refractivity contribution < 1.29 is 9.90 Å². The molecule has 1 N–H and O–H groups in total. The minimum Gasteiger partial charge on any atom is -0.481 e. The van der Waals surface area contributed by atoms with Crippen LogP contribution in [0.25, 0.3) is 0 Å². The van der Waals surface area contributed by atoms with Gasteiger partial charge < -0.3 is 5.11 Å². The number of carboxylic acids is 1. The molecule has 0 aromatic carbocycles. The van der Waals surface area contributed by atoms with Crippen LogP contribution >= 0.6 is 23.2 Å². The van der Waals surface area contributed by atoms with Crippen LogP contribution in [0.2, 0.25) is 0 Å². The molecule has 2 atom stereocenters. The number of carbonyl (C=O) groups is 1. The summed E-state index contributed by atoms with van der Waals surface area (Å²) >= 11 is 11.1. The Morgan fingerprint density at radius 3 is 2.00 bits per heavy atom. The van der Waals surface area contributed by atoms with Gasteiger partial charge in [0.25, 0.3) is 0 Å². The predicted octanol–water partition coefficient (Wildman–Crippen LogP) is 1.51. The molecule has 0 aromatic rings. The maximum Gasteiger partial charge on any atom is 0.309 e. The molecule has 1 rings (SSSR count). The van der Waals surface area contributed by atoms with Crippen molar-refractivity contribution in [2.75, 3.05) is 0 Å². The number of alkyl halides is 2. The second kappa shape index (κ2) is 1.77. The summed E-state index contributed by atoms with van der Waals surface area (Å²) in [5, 5.41) is 8.39. The molecule has 2 unspecified atom stereocenters. The number of rotatable bonds is 1. The number of hydrogen-bond donors (Lipinski definition) is 1. The molecular weight excluding hydrogens is 163 g/mol. The van der Waals surface area contributed by atoms with Crippen LogP contribution in [0.1, 0.15) is 6.92 Å². The van der Waals surface area contributed by atoms with Crippen LogP contribution < -0.4 is 0 Å². The molecule has 0 amide bonds. The Bertz CT molecular complexity index is 155. The molecule has 0 saturated heterocycles. The van der Waals surface area contributed by atoms with E-state index in [1.165, 1.54) is 0 Å². The fourth-order valence-electron chi connectivity index (χ4n) is 0.858. The third kappa shape index (κ3) is 0.904. The van der Waals surface area contributed by atoms with Crippen molar-refractivity contribution >= 4 is 29.2 Å². The Morgan fingerprint density at radius 1 is 1.67 bits per heavy atom. The van der Waals surface area contributed by atoms with E-state index >= 15 is 0 Å². The van der Waals surface area contributed by atoms with Crippen LogP contribution in [0.5, 0.6) is 0 Å². The molecular formula is C5H6Cl2O2. The van der Waals surface area contributed by atoms with Gasteiger partial charge in [-0.1, -0.05) is 6.92 Å². The molecule has 9 heavy (non-hydrogen) atoms. The van der Waals surface area contributed by atoms with Gasteiger partial charge in [0, 0.05) is 5.92 Å². The minimum absolute atomic E-state index is 0.113. The van der Waals surface area contributed by atoms with Crippen molar-refractivity contribution in [3.8, 4) is 0 Å². The first-order chi connectivity index (χ1) is 3.98. The summed E-state index contributed by atoms with van der Waals surface area (Å²) in [6.07, 6.45) is 0. The van der Waals surface area contributed by atoms with Gasteiger partial charge >= 0.3 is 5.97 Å². The van der Waals surface area contributed by atoms with Crippen LogP contribution in [0.3, 0.4) is 0 Å². The normalized spacial score (nSPS) is 38.1. The van der Waals surface area contributed by atoms with Crippen molar-refractivity contribution in [2.45, 2.75) is 11.3 Å². The Morgan fingerprint density at radius 2 is 2.00 bits per heavy atom. The average Bonchev–Trinajstić information content (AvgIpc) is 2.07. The van der Waals surface area contributed by atoms with Gasteiger partial charge in [0.15, 0.2) is 0 Å². The molecule has 1 fully saturated rings. The van der Waals surface area contributed by atoms with Crippen molar-refractivity contribution in [1.82, 2.24) is 0 Å². The van der Waals surface area contributed by atoms with Crippen LogP contribution in [-0.2, 0) is 4.79 Å². The summed E-state index contributed by atoms with van der Waals surface area (Å²) in [6, 6.07) is 0. The molecule has 0 heterocycles. The quantitative estimate of drug-likeness (QED) is 0.604. The standard InChI is InChI=1S/C5H6Cl2O2/c1-2-3(4(8)9)5(2,6)7/h2-3H,1H3,(H,8,9). The van der Waals surface area contributed by atoms with Gasteiger partial charge in [0.05, 0.1) is 5.92 Å². The van der Waals surface area contributed by atoms with E-state index in [-0.39, 0.29) is 5.92 Å². The first-order valence-electron chi connectivity index (χ1n) is 2.58. The summed E-state index contributed by atoms with van der Waals surface area (Å²) in [4.78, 5) is 10.2. The summed E-state index contributed by atoms with van der Waals surface area (Å²) in [7, 11) is 0. The van der Waals surface area contributed by atoms with E-state index < -0.39 is 16.2 Å². The maximum absolute atomic E-state index is 10.2. The van der Waals surface area contributed by atoms with Gasteiger partial charge in [-0.3, -0.25) is 4.79 Å². The number of aliphatic carboxylic acids is 1. The topological polar surface area (TPSA) is 37.3 Å². The molecule has 0 spiro atoms. The Balaban J connectivity index is 2.62. The monoisotopic (exact) mass is 168 g/mol. The highest BCUT2D eigenvalue weighted by molar-refractivity contribution is 6.52. The van der Waals surface area contributed by atoms with Gasteiger partial charge in [-0.25, -0.2) is 0 Å². The van der Waals surface area contributed by atoms with Crippen LogP contribution in [0.4, 0.5) is 0 Å². The van der Waals surface area contributed by atoms with Gasteiger partial charge in [-0.15, -0.1) is 23.2 Å². The number of hydrogen-bond acceptors (Lipinski definition) is 1. The maximum atomic E-state index is 10.2. The Kier molecular flexibility index (Phi) is 1.41. The first kappa shape index (κ1) is 7.16. The molecule has 1 saturated carbocycles. The minimum atomic E-state index is -1.01. The molecule has 2 nitrogen and oxygen atoms in total. The molecule has 1 aliphatic rings. The van der Waals surface area contributed by atoms with E-state index in [1.54, 1.807) is 6.92 Å².